The number of nitrogens with zero attached hydrogens (tertiary/aromatic N) is 6. The van der Waals surface area contributed by atoms with Gasteiger partial charge in [0.1, 0.15) is 5.82 Å². The van der Waals surface area contributed by atoms with Crippen molar-refractivity contribution in [3.63, 3.8) is 0 Å². The first-order chi connectivity index (χ1) is 12.1. The third kappa shape index (κ3) is 4.19. The maximum Gasteiger partial charge on any atom is 0.345 e. The van der Waals surface area contributed by atoms with Crippen LogP contribution in [0.1, 0.15) is 37.2 Å². The fourth-order valence-corrected chi connectivity index (χ4v) is 3.52. The molecule has 0 amide bonds. The number of rotatable bonds is 7. The summed E-state index contributed by atoms with van der Waals surface area (Å²) in [5.74, 6) is 1.26. The zero-order chi connectivity index (χ0) is 17.8. The molecule has 0 aromatic carbocycles. The van der Waals surface area contributed by atoms with Gasteiger partial charge in [0.25, 0.3) is 0 Å². The van der Waals surface area contributed by atoms with Crippen molar-refractivity contribution in [3.8, 4) is 0 Å². The number of hydrogen-bond donors (Lipinski definition) is 1. The van der Waals surface area contributed by atoms with E-state index in [-0.39, 0.29) is 5.69 Å². The molecule has 2 aromatic rings. The molecule has 3 rings (SSSR count). The topological polar surface area (TPSA) is 75.0 Å². The molecule has 1 N–H and O–H groups in total. The fraction of sp³-hybridized carbons (Fsp3) is 0.706. The Morgan fingerprint density at radius 2 is 2.24 bits per heavy atom. The Balaban J connectivity index is 1.75. The van der Waals surface area contributed by atoms with Crippen molar-refractivity contribution in [1.29, 1.82) is 0 Å². The molecular formula is C17H29N7O. The molecule has 3 heterocycles. The van der Waals surface area contributed by atoms with Gasteiger partial charge in [0, 0.05) is 44.0 Å². The summed E-state index contributed by atoms with van der Waals surface area (Å²) in [6.07, 6.45) is 5.81. The Bertz CT molecular complexity index is 716. The number of H-pyrrole nitrogens is 1. The summed E-state index contributed by atoms with van der Waals surface area (Å²) in [6.45, 7) is 7.03. The number of likely N-dealkylation sites (N-methyl/N-ethyl adjacent to an activating group) is 1. The molecule has 1 saturated heterocycles. The average molecular weight is 347 g/mol. The van der Waals surface area contributed by atoms with Gasteiger partial charge in [0.2, 0.25) is 0 Å². The van der Waals surface area contributed by atoms with Crippen LogP contribution in [0, 0.1) is 0 Å². The number of piperidine rings is 1. The SMILES string of the molecule is CCn1c([C@H]2CCCN(Cc3cnc[nH]3)C2)nn(CCN(C)C)c1=O. The highest BCUT2D eigenvalue weighted by molar-refractivity contribution is 5.02. The largest absolute Gasteiger partial charge is 0.347 e. The third-order valence-corrected chi connectivity index (χ3v) is 4.85. The van der Waals surface area contributed by atoms with E-state index in [2.05, 4.69) is 19.8 Å². The lowest BCUT2D eigenvalue weighted by atomic mass is 9.97. The quantitative estimate of drug-likeness (QED) is 0.799. The second kappa shape index (κ2) is 7.97. The maximum atomic E-state index is 12.6. The van der Waals surface area contributed by atoms with E-state index in [0.717, 1.165) is 50.5 Å². The molecule has 0 unspecified atom stereocenters. The number of likely N-dealkylation sites (tertiary alicyclic amines) is 1. The lowest BCUT2D eigenvalue weighted by Gasteiger charge is -2.31. The second-order valence-electron chi connectivity index (χ2n) is 7.06. The molecule has 1 fully saturated rings. The van der Waals surface area contributed by atoms with Gasteiger partial charge in [0.05, 0.1) is 12.9 Å². The van der Waals surface area contributed by atoms with E-state index in [1.807, 2.05) is 31.8 Å². The van der Waals surface area contributed by atoms with Crippen LogP contribution in [0.2, 0.25) is 0 Å². The van der Waals surface area contributed by atoms with Gasteiger partial charge in [-0.05, 0) is 40.4 Å². The van der Waals surface area contributed by atoms with Crippen molar-refractivity contribution < 1.29 is 0 Å². The Morgan fingerprint density at radius 1 is 1.40 bits per heavy atom. The summed E-state index contributed by atoms with van der Waals surface area (Å²) in [7, 11) is 4.02. The van der Waals surface area contributed by atoms with E-state index in [1.54, 1.807) is 11.0 Å². The van der Waals surface area contributed by atoms with E-state index in [4.69, 9.17) is 5.10 Å². The van der Waals surface area contributed by atoms with Crippen LogP contribution < -0.4 is 5.69 Å². The molecule has 8 nitrogen and oxygen atoms in total. The molecule has 0 saturated carbocycles. The minimum Gasteiger partial charge on any atom is -0.347 e. The molecule has 0 bridgehead atoms. The van der Waals surface area contributed by atoms with Gasteiger partial charge in [-0.15, -0.1) is 0 Å². The maximum absolute atomic E-state index is 12.6. The third-order valence-electron chi connectivity index (χ3n) is 4.85. The molecule has 138 valence electrons. The Hall–Kier alpha value is -1.93. The van der Waals surface area contributed by atoms with Crippen molar-refractivity contribution in [2.24, 2.45) is 0 Å². The predicted molar refractivity (Wildman–Crippen MR) is 96.6 cm³/mol. The summed E-state index contributed by atoms with van der Waals surface area (Å²) in [5.41, 5.74) is 1.15. The van der Waals surface area contributed by atoms with Gasteiger partial charge in [-0.25, -0.2) is 14.5 Å². The van der Waals surface area contributed by atoms with Crippen LogP contribution in [0.25, 0.3) is 0 Å². The number of hydrogen-bond acceptors (Lipinski definition) is 5. The standard InChI is InChI=1S/C17H29N7O/c1-4-23-16(20-24(17(23)25)9-8-21(2)3)14-6-5-7-22(11-14)12-15-10-18-13-19-15/h10,13-14H,4-9,11-12H2,1-3H3,(H,18,19)/t14-/m0/s1. The predicted octanol–water partition coefficient (Wildman–Crippen LogP) is 0.729. The highest BCUT2D eigenvalue weighted by Crippen LogP contribution is 2.25. The molecule has 1 aliphatic heterocycles. The van der Waals surface area contributed by atoms with Gasteiger partial charge in [-0.3, -0.25) is 9.47 Å². The lowest BCUT2D eigenvalue weighted by Crippen LogP contribution is -2.35. The molecule has 0 aliphatic carbocycles. The van der Waals surface area contributed by atoms with Crippen LogP contribution in [0.5, 0.6) is 0 Å². The Kier molecular flexibility index (Phi) is 5.70. The summed E-state index contributed by atoms with van der Waals surface area (Å²) >= 11 is 0. The van der Waals surface area contributed by atoms with Crippen molar-refractivity contribution >= 4 is 0 Å². The zero-order valence-corrected chi connectivity index (χ0v) is 15.5. The summed E-state index contributed by atoms with van der Waals surface area (Å²) < 4.78 is 3.48. The number of aromatic amines is 1. The van der Waals surface area contributed by atoms with Gasteiger partial charge in [0.15, 0.2) is 0 Å². The van der Waals surface area contributed by atoms with Crippen LogP contribution in [-0.2, 0) is 19.6 Å². The molecule has 1 aliphatic rings. The molecule has 0 radical (unpaired) electrons. The lowest BCUT2D eigenvalue weighted by molar-refractivity contribution is 0.192. The summed E-state index contributed by atoms with van der Waals surface area (Å²) in [5, 5.41) is 4.70. The minimum absolute atomic E-state index is 0.0186. The van der Waals surface area contributed by atoms with E-state index in [0.29, 0.717) is 19.0 Å². The zero-order valence-electron chi connectivity index (χ0n) is 15.5. The Labute approximate surface area is 148 Å². The van der Waals surface area contributed by atoms with Gasteiger partial charge in [-0.2, -0.15) is 5.10 Å². The molecular weight excluding hydrogens is 318 g/mol. The second-order valence-corrected chi connectivity index (χ2v) is 7.06. The van der Waals surface area contributed by atoms with Crippen molar-refractivity contribution in [3.05, 3.63) is 34.5 Å². The molecule has 2 aromatic heterocycles. The van der Waals surface area contributed by atoms with Crippen LogP contribution in [0.4, 0.5) is 0 Å². The molecule has 1 atom stereocenters. The minimum atomic E-state index is 0.0186. The monoisotopic (exact) mass is 347 g/mol. The summed E-state index contributed by atoms with van der Waals surface area (Å²) in [6, 6.07) is 0. The number of imidazole rings is 1. The Morgan fingerprint density at radius 3 is 2.92 bits per heavy atom. The smallest absolute Gasteiger partial charge is 0.345 e. The summed E-state index contributed by atoms with van der Waals surface area (Å²) in [4.78, 5) is 24.4. The van der Waals surface area contributed by atoms with E-state index >= 15 is 0 Å². The van der Waals surface area contributed by atoms with E-state index in [9.17, 15) is 4.79 Å². The molecule has 25 heavy (non-hydrogen) atoms. The van der Waals surface area contributed by atoms with Gasteiger partial charge >= 0.3 is 5.69 Å². The molecule has 8 heteroatoms. The molecule has 0 spiro atoms. The van der Waals surface area contributed by atoms with Crippen LogP contribution in [-0.4, -0.2) is 67.8 Å². The van der Waals surface area contributed by atoms with Crippen molar-refractivity contribution in [1.82, 2.24) is 34.1 Å². The number of aromatic nitrogens is 5. The van der Waals surface area contributed by atoms with Gasteiger partial charge < -0.3 is 9.88 Å². The number of nitrogens with one attached hydrogen (secondary N) is 1. The first kappa shape index (κ1) is 17.9. The van der Waals surface area contributed by atoms with E-state index in [1.165, 1.54) is 0 Å². The van der Waals surface area contributed by atoms with E-state index < -0.39 is 0 Å². The van der Waals surface area contributed by atoms with Crippen LogP contribution in [0.3, 0.4) is 0 Å². The first-order valence-corrected chi connectivity index (χ1v) is 9.10. The average Bonchev–Trinajstić information content (AvgIpc) is 3.21. The highest BCUT2D eigenvalue weighted by Gasteiger charge is 2.27. The van der Waals surface area contributed by atoms with Gasteiger partial charge in [-0.1, -0.05) is 0 Å². The van der Waals surface area contributed by atoms with Crippen LogP contribution in [0.15, 0.2) is 17.3 Å². The fourth-order valence-electron chi connectivity index (χ4n) is 3.52. The van der Waals surface area contributed by atoms with Crippen molar-refractivity contribution in [2.45, 2.75) is 45.3 Å². The first-order valence-electron chi connectivity index (χ1n) is 9.10. The highest BCUT2D eigenvalue weighted by atomic mass is 16.2. The normalized spacial score (nSPS) is 19.0. The van der Waals surface area contributed by atoms with Crippen molar-refractivity contribution in [2.75, 3.05) is 33.7 Å². The van der Waals surface area contributed by atoms with Crippen LogP contribution >= 0.6 is 0 Å².